The van der Waals surface area contributed by atoms with E-state index in [1.54, 1.807) is 12.1 Å². The van der Waals surface area contributed by atoms with Gasteiger partial charge in [-0.1, -0.05) is 12.1 Å². The number of anilines is 3. The van der Waals surface area contributed by atoms with Gasteiger partial charge in [0.25, 0.3) is 15.6 Å². The number of pyridine rings is 1. The minimum absolute atomic E-state index is 0.146. The molecule has 37 heavy (non-hydrogen) atoms. The van der Waals surface area contributed by atoms with E-state index in [0.717, 1.165) is 37.6 Å². The first-order chi connectivity index (χ1) is 17.7. The summed E-state index contributed by atoms with van der Waals surface area (Å²) >= 11 is 0. The van der Waals surface area contributed by atoms with Crippen molar-refractivity contribution in [2.75, 3.05) is 43.4 Å². The highest BCUT2D eigenvalue weighted by Gasteiger charge is 2.20. The van der Waals surface area contributed by atoms with Crippen molar-refractivity contribution in [2.24, 2.45) is 5.14 Å². The van der Waals surface area contributed by atoms with E-state index in [9.17, 15) is 13.2 Å². The molecule has 5 rings (SSSR count). The highest BCUT2D eigenvalue weighted by molar-refractivity contribution is 7.89. The second-order valence-corrected chi connectivity index (χ2v) is 10.3. The molecule has 12 nitrogen and oxygen atoms in total. The number of nitrogens with zero attached hydrogens (tertiary/aromatic N) is 7. The van der Waals surface area contributed by atoms with Crippen LogP contribution < -0.4 is 20.9 Å². The average Bonchev–Trinajstić information content (AvgIpc) is 3.15. The second kappa shape index (κ2) is 9.76. The first-order valence-corrected chi connectivity index (χ1v) is 13.2. The summed E-state index contributed by atoms with van der Waals surface area (Å²) in [6.07, 6.45) is 2.99. The highest BCUT2D eigenvalue weighted by Crippen LogP contribution is 2.22. The Hall–Kier alpha value is -4.07. The molecule has 0 aliphatic carbocycles. The second-order valence-electron chi connectivity index (χ2n) is 8.76. The molecule has 1 aromatic carbocycles. The van der Waals surface area contributed by atoms with E-state index < -0.39 is 10.0 Å². The molecule has 192 valence electrons. The molecule has 0 bridgehead atoms. The molecule has 1 aliphatic rings. The Morgan fingerprint density at radius 1 is 1.08 bits per heavy atom. The van der Waals surface area contributed by atoms with Crippen LogP contribution in [0.5, 0.6) is 0 Å². The SMILES string of the molecule is C=CCn1c(=O)c2cnc(Nc3ccc(N4CCN(C)CC4)cc3)nc2n1-c1cccc(S(N)(=O)=O)n1. The molecule has 0 atom stereocenters. The van der Waals surface area contributed by atoms with E-state index in [1.807, 2.05) is 24.3 Å². The van der Waals surface area contributed by atoms with Gasteiger partial charge in [-0.3, -0.25) is 4.79 Å². The van der Waals surface area contributed by atoms with Gasteiger partial charge in [0, 0.05) is 43.8 Å². The van der Waals surface area contributed by atoms with Gasteiger partial charge < -0.3 is 15.1 Å². The van der Waals surface area contributed by atoms with Gasteiger partial charge in [0.1, 0.15) is 5.39 Å². The Kier molecular flexibility index (Phi) is 6.50. The van der Waals surface area contributed by atoms with Crippen LogP contribution in [0.1, 0.15) is 0 Å². The lowest BCUT2D eigenvalue weighted by Crippen LogP contribution is -2.44. The molecule has 0 radical (unpaired) electrons. The van der Waals surface area contributed by atoms with Crippen LogP contribution in [0.4, 0.5) is 17.3 Å². The summed E-state index contributed by atoms with van der Waals surface area (Å²) in [6, 6.07) is 12.4. The standard InChI is InChI=1S/C24H27N9O3S/c1-3-11-32-23(34)19-16-26-24(27-17-7-9-18(10-8-17)31-14-12-30(2)13-15-31)29-22(19)33(32)20-5-4-6-21(28-20)37(25,35)36/h3-10,16H,1,11-15H2,2H3,(H2,25,35,36)(H,26,27,29). The molecule has 1 saturated heterocycles. The van der Waals surface area contributed by atoms with Crippen LogP contribution in [0.2, 0.25) is 0 Å². The smallest absolute Gasteiger partial charge is 0.278 e. The number of sulfonamides is 1. The third-order valence-corrected chi connectivity index (χ3v) is 7.00. The first kappa shape index (κ1) is 24.6. The van der Waals surface area contributed by atoms with Crippen molar-refractivity contribution in [1.29, 1.82) is 0 Å². The maximum atomic E-state index is 13.1. The Morgan fingerprint density at radius 2 is 1.81 bits per heavy atom. The number of hydrogen-bond donors (Lipinski definition) is 2. The minimum atomic E-state index is -4.05. The lowest BCUT2D eigenvalue weighted by molar-refractivity contribution is 0.313. The molecule has 1 fully saturated rings. The topological polar surface area (TPSA) is 144 Å². The van der Waals surface area contributed by atoms with Crippen molar-refractivity contribution in [2.45, 2.75) is 11.6 Å². The molecule has 4 heterocycles. The summed E-state index contributed by atoms with van der Waals surface area (Å²) in [4.78, 5) is 30.8. The van der Waals surface area contributed by atoms with Crippen LogP contribution in [0.25, 0.3) is 16.9 Å². The lowest BCUT2D eigenvalue weighted by Gasteiger charge is -2.34. The third-order valence-electron chi connectivity index (χ3n) is 6.19. The maximum absolute atomic E-state index is 13.1. The number of aromatic nitrogens is 5. The fraction of sp³-hybridized carbons (Fsp3) is 0.250. The molecule has 3 aromatic heterocycles. The van der Waals surface area contributed by atoms with Crippen molar-refractivity contribution < 1.29 is 8.42 Å². The van der Waals surface area contributed by atoms with Gasteiger partial charge in [-0.25, -0.2) is 32.9 Å². The van der Waals surface area contributed by atoms with Gasteiger partial charge in [-0.05, 0) is 43.4 Å². The van der Waals surface area contributed by atoms with Gasteiger partial charge in [0.05, 0.1) is 6.54 Å². The Bertz CT molecular complexity index is 1620. The Labute approximate surface area is 213 Å². The van der Waals surface area contributed by atoms with Crippen molar-refractivity contribution in [3.63, 3.8) is 0 Å². The number of nitrogens with two attached hydrogens (primary N) is 1. The van der Waals surface area contributed by atoms with Crippen molar-refractivity contribution in [3.8, 4) is 5.82 Å². The first-order valence-electron chi connectivity index (χ1n) is 11.6. The largest absolute Gasteiger partial charge is 0.369 e. The van der Waals surface area contributed by atoms with Gasteiger partial charge in [-0.15, -0.1) is 6.58 Å². The maximum Gasteiger partial charge on any atom is 0.278 e. The molecular formula is C24H27N9O3S. The lowest BCUT2D eigenvalue weighted by atomic mass is 10.2. The van der Waals surface area contributed by atoms with Gasteiger partial charge >= 0.3 is 0 Å². The van der Waals surface area contributed by atoms with Crippen LogP contribution in [0.15, 0.2) is 71.1 Å². The van der Waals surface area contributed by atoms with Crippen LogP contribution in [-0.2, 0) is 16.6 Å². The molecule has 13 heteroatoms. The number of likely N-dealkylation sites (N-methyl/N-ethyl adjacent to an activating group) is 1. The average molecular weight is 522 g/mol. The number of piperazine rings is 1. The number of hydrogen-bond acceptors (Lipinski definition) is 9. The van der Waals surface area contributed by atoms with Crippen LogP contribution >= 0.6 is 0 Å². The van der Waals surface area contributed by atoms with Crippen LogP contribution in [0.3, 0.4) is 0 Å². The van der Waals surface area contributed by atoms with E-state index in [-0.39, 0.29) is 39.9 Å². The summed E-state index contributed by atoms with van der Waals surface area (Å²) in [5.41, 5.74) is 1.83. The molecular weight excluding hydrogens is 494 g/mol. The minimum Gasteiger partial charge on any atom is -0.369 e. The van der Waals surface area contributed by atoms with Gasteiger partial charge in [0.2, 0.25) is 5.95 Å². The summed E-state index contributed by atoms with van der Waals surface area (Å²) in [5.74, 6) is 0.439. The van der Waals surface area contributed by atoms with Crippen molar-refractivity contribution in [3.05, 3.63) is 71.7 Å². The molecule has 3 N–H and O–H groups in total. The Balaban J connectivity index is 1.51. The molecule has 0 spiro atoms. The number of allylic oxidation sites excluding steroid dienone is 1. The number of nitrogens with one attached hydrogen (secondary N) is 1. The number of primary sulfonamides is 1. The molecule has 0 amide bonds. The predicted octanol–water partition coefficient (Wildman–Crippen LogP) is 1.31. The highest BCUT2D eigenvalue weighted by atomic mass is 32.2. The Morgan fingerprint density at radius 3 is 2.49 bits per heavy atom. The third kappa shape index (κ3) is 4.96. The number of fused-ring (bicyclic) bond motifs is 1. The predicted molar refractivity (Wildman–Crippen MR) is 142 cm³/mol. The van der Waals surface area contributed by atoms with E-state index in [2.05, 4.69) is 43.7 Å². The number of benzene rings is 1. The quantitative estimate of drug-likeness (QED) is 0.344. The zero-order chi connectivity index (χ0) is 26.2. The van der Waals surface area contributed by atoms with E-state index in [4.69, 9.17) is 5.14 Å². The van der Waals surface area contributed by atoms with E-state index in [1.165, 1.54) is 27.7 Å². The van der Waals surface area contributed by atoms with Crippen LogP contribution in [-0.4, -0.2) is 70.9 Å². The number of rotatable bonds is 7. The monoisotopic (exact) mass is 521 g/mol. The van der Waals surface area contributed by atoms with Gasteiger partial charge in [0.15, 0.2) is 16.5 Å². The van der Waals surface area contributed by atoms with Crippen molar-refractivity contribution in [1.82, 2.24) is 29.2 Å². The summed E-state index contributed by atoms with van der Waals surface area (Å²) in [7, 11) is -1.93. The molecule has 0 unspecified atom stereocenters. The summed E-state index contributed by atoms with van der Waals surface area (Å²) in [5, 5.41) is 8.37. The van der Waals surface area contributed by atoms with E-state index >= 15 is 0 Å². The van der Waals surface area contributed by atoms with Crippen LogP contribution in [0, 0.1) is 0 Å². The fourth-order valence-corrected chi connectivity index (χ4v) is 4.73. The zero-order valence-electron chi connectivity index (χ0n) is 20.3. The summed E-state index contributed by atoms with van der Waals surface area (Å²) < 4.78 is 26.5. The van der Waals surface area contributed by atoms with Gasteiger partial charge in [-0.2, -0.15) is 4.98 Å². The van der Waals surface area contributed by atoms with Crippen molar-refractivity contribution >= 4 is 38.4 Å². The zero-order valence-corrected chi connectivity index (χ0v) is 21.1. The fourth-order valence-electron chi connectivity index (χ4n) is 4.24. The van der Waals surface area contributed by atoms with E-state index in [0.29, 0.717) is 0 Å². The molecule has 1 aliphatic heterocycles. The molecule has 4 aromatic rings. The molecule has 0 saturated carbocycles. The normalized spacial score (nSPS) is 14.7. The summed E-state index contributed by atoms with van der Waals surface area (Å²) in [6.45, 7) is 7.86.